The molecule has 260 valence electrons. The molecule has 9 rings (SSSR count). The molecule has 2 saturated heterocycles. The lowest BCUT2D eigenvalue weighted by molar-refractivity contribution is -0.276. The third kappa shape index (κ3) is 6.57. The van der Waals surface area contributed by atoms with Crippen LogP contribution >= 0.6 is 0 Å². The Hall–Kier alpha value is -2.45. The van der Waals surface area contributed by atoms with Gasteiger partial charge in [0, 0.05) is 42.7 Å². The van der Waals surface area contributed by atoms with Gasteiger partial charge in [-0.15, -0.1) is 0 Å². The molecule has 6 bridgehead atoms. The Morgan fingerprint density at radius 2 is 1.48 bits per heavy atom. The number of amides is 2. The van der Waals surface area contributed by atoms with E-state index in [1.807, 2.05) is 12.1 Å². The zero-order valence-corrected chi connectivity index (χ0v) is 29.5. The van der Waals surface area contributed by atoms with Crippen LogP contribution in [0.2, 0.25) is 0 Å². The van der Waals surface area contributed by atoms with Crippen molar-refractivity contribution in [3.8, 4) is 0 Å². The Morgan fingerprint density at radius 3 is 2.12 bits per heavy atom. The van der Waals surface area contributed by atoms with E-state index in [4.69, 9.17) is 9.47 Å². The first-order chi connectivity index (χ1) is 23.0. The standard InChI is InChI=1S/C41H57N3O4/c1-26-35(22-44-25-40(4)20-34(44)19-39(2,3)24-40)47-37(48-36(26)32-9-7-28(23-45)8-10-32)33-11-5-27(6-12-33)21-42-38(46)43-41-16-29-13-30(17-41)15-31(14-29)18-41/h5-12,26,29-31,34-37,45H,13-25H2,1-4H3,(H2,42,43,46)/t26-,29?,30?,31?,34?,35+,36+,37+,40?,41?/m1/s1. The molecule has 0 spiro atoms. The van der Waals surface area contributed by atoms with Gasteiger partial charge >= 0.3 is 6.03 Å². The fourth-order valence-electron chi connectivity index (χ4n) is 11.9. The summed E-state index contributed by atoms with van der Waals surface area (Å²) in [7, 11) is 0. The molecule has 7 fully saturated rings. The van der Waals surface area contributed by atoms with E-state index in [-0.39, 0.29) is 36.3 Å². The minimum absolute atomic E-state index is 0.0165. The Morgan fingerprint density at radius 1 is 0.854 bits per heavy atom. The summed E-state index contributed by atoms with van der Waals surface area (Å²) in [6, 6.07) is 17.2. The number of hydrogen-bond acceptors (Lipinski definition) is 5. The first-order valence-electron chi connectivity index (χ1n) is 18.9. The number of hydrogen-bond donors (Lipinski definition) is 3. The summed E-state index contributed by atoms with van der Waals surface area (Å²) in [6.07, 6.45) is 10.8. The van der Waals surface area contributed by atoms with Gasteiger partial charge in [-0.3, -0.25) is 4.90 Å². The van der Waals surface area contributed by atoms with Crippen LogP contribution in [0.4, 0.5) is 4.79 Å². The number of rotatable bonds is 8. The van der Waals surface area contributed by atoms with Crippen molar-refractivity contribution in [1.82, 2.24) is 15.5 Å². The summed E-state index contributed by atoms with van der Waals surface area (Å²) in [6.45, 7) is 12.2. The maximum atomic E-state index is 13.1. The lowest BCUT2D eigenvalue weighted by atomic mass is 9.53. The lowest BCUT2D eigenvalue weighted by Crippen LogP contribution is -2.61. The van der Waals surface area contributed by atoms with Crippen LogP contribution in [0.25, 0.3) is 0 Å². The van der Waals surface area contributed by atoms with Gasteiger partial charge in [-0.2, -0.15) is 0 Å². The number of ether oxygens (including phenoxy) is 2. The highest BCUT2D eigenvalue weighted by atomic mass is 16.7. The Kier molecular flexibility index (Phi) is 8.46. The normalized spacial score (nSPS) is 39.8. The van der Waals surface area contributed by atoms with E-state index in [9.17, 15) is 9.90 Å². The van der Waals surface area contributed by atoms with Gasteiger partial charge in [-0.1, -0.05) is 76.2 Å². The molecule has 5 aliphatic carbocycles. The molecule has 6 atom stereocenters. The smallest absolute Gasteiger partial charge is 0.315 e. The number of aliphatic hydroxyl groups excluding tert-OH is 1. The molecule has 2 aromatic carbocycles. The molecule has 0 aromatic heterocycles. The third-order valence-electron chi connectivity index (χ3n) is 13.2. The summed E-state index contributed by atoms with van der Waals surface area (Å²) >= 11 is 0. The van der Waals surface area contributed by atoms with Gasteiger partial charge in [-0.25, -0.2) is 4.79 Å². The second kappa shape index (κ2) is 12.4. The van der Waals surface area contributed by atoms with Gasteiger partial charge in [-0.05, 0) is 103 Å². The van der Waals surface area contributed by atoms with Gasteiger partial charge in [0.25, 0.3) is 0 Å². The zero-order chi connectivity index (χ0) is 33.3. The SMILES string of the molecule is C[C@@H]1[C@H](CN2CC3(C)CC2CC(C)(C)C3)O[C@H](c2ccc(CNC(=O)NC34CC5CC(CC(C5)C3)C4)cc2)O[C@@H]1c1ccc(CO)cc1. The summed E-state index contributed by atoms with van der Waals surface area (Å²) < 4.78 is 13.6. The van der Waals surface area contributed by atoms with Crippen LogP contribution in [0.1, 0.15) is 120 Å². The first kappa shape index (κ1) is 32.7. The van der Waals surface area contributed by atoms with Crippen molar-refractivity contribution in [1.29, 1.82) is 0 Å². The topological polar surface area (TPSA) is 83.1 Å². The van der Waals surface area contributed by atoms with E-state index in [0.29, 0.717) is 23.4 Å². The Bertz CT molecular complexity index is 1440. The molecule has 2 aliphatic heterocycles. The highest BCUT2D eigenvalue weighted by Crippen LogP contribution is 2.56. The molecule has 48 heavy (non-hydrogen) atoms. The number of likely N-dealkylation sites (tertiary alicyclic amines) is 1. The molecule has 7 heteroatoms. The van der Waals surface area contributed by atoms with Gasteiger partial charge < -0.3 is 25.2 Å². The van der Waals surface area contributed by atoms with Gasteiger partial charge in [0.1, 0.15) is 0 Å². The zero-order valence-electron chi connectivity index (χ0n) is 29.5. The van der Waals surface area contributed by atoms with Crippen molar-refractivity contribution in [2.24, 2.45) is 34.5 Å². The monoisotopic (exact) mass is 655 g/mol. The number of aliphatic hydroxyl groups is 1. The minimum atomic E-state index is -0.482. The molecule has 2 amide bonds. The second-order valence-electron chi connectivity index (χ2n) is 18.2. The van der Waals surface area contributed by atoms with Crippen molar-refractivity contribution in [2.75, 3.05) is 13.1 Å². The number of carbonyl (C=O) groups is 1. The number of fused-ring (bicyclic) bond motifs is 2. The largest absolute Gasteiger partial charge is 0.392 e. The van der Waals surface area contributed by atoms with Crippen LogP contribution in [0.3, 0.4) is 0 Å². The van der Waals surface area contributed by atoms with E-state index in [0.717, 1.165) is 72.4 Å². The lowest BCUT2D eigenvalue weighted by Gasteiger charge is -2.56. The van der Waals surface area contributed by atoms with Gasteiger partial charge in [0.15, 0.2) is 6.29 Å². The van der Waals surface area contributed by atoms with Crippen molar-refractivity contribution >= 4 is 6.03 Å². The van der Waals surface area contributed by atoms with E-state index < -0.39 is 6.29 Å². The molecule has 2 aromatic rings. The maximum absolute atomic E-state index is 13.1. The van der Waals surface area contributed by atoms with Crippen molar-refractivity contribution < 1.29 is 19.4 Å². The number of nitrogens with zero attached hydrogens (tertiary/aromatic N) is 1. The highest BCUT2D eigenvalue weighted by Gasteiger charge is 2.52. The van der Waals surface area contributed by atoms with Crippen LogP contribution in [0.5, 0.6) is 0 Å². The van der Waals surface area contributed by atoms with Crippen molar-refractivity contribution in [3.05, 3.63) is 70.8 Å². The third-order valence-corrected chi connectivity index (χ3v) is 13.2. The first-order valence-corrected chi connectivity index (χ1v) is 18.9. The predicted octanol–water partition coefficient (Wildman–Crippen LogP) is 7.64. The summed E-state index contributed by atoms with van der Waals surface area (Å²) in [5, 5.41) is 16.2. The van der Waals surface area contributed by atoms with E-state index >= 15 is 0 Å². The summed E-state index contributed by atoms with van der Waals surface area (Å²) in [5.41, 5.74) is 4.86. The van der Waals surface area contributed by atoms with Crippen LogP contribution < -0.4 is 10.6 Å². The molecule has 0 radical (unpaired) electrons. The molecule has 3 N–H and O–H groups in total. The molecule has 7 aliphatic rings. The van der Waals surface area contributed by atoms with E-state index in [2.05, 4.69) is 79.6 Å². The summed E-state index contributed by atoms with van der Waals surface area (Å²) in [5.74, 6) is 2.58. The predicted molar refractivity (Wildman–Crippen MR) is 187 cm³/mol. The van der Waals surface area contributed by atoms with Crippen molar-refractivity contribution in [3.63, 3.8) is 0 Å². The van der Waals surface area contributed by atoms with Crippen LogP contribution in [0.15, 0.2) is 48.5 Å². The number of benzene rings is 2. The van der Waals surface area contributed by atoms with Gasteiger partial charge in [0.2, 0.25) is 0 Å². The molecule has 7 nitrogen and oxygen atoms in total. The average Bonchev–Trinajstić information content (AvgIpc) is 3.27. The van der Waals surface area contributed by atoms with E-state index in [1.165, 1.54) is 38.5 Å². The number of nitrogens with one attached hydrogen (secondary N) is 2. The highest BCUT2D eigenvalue weighted by molar-refractivity contribution is 5.75. The van der Waals surface area contributed by atoms with Crippen LogP contribution in [-0.4, -0.2) is 46.8 Å². The molecular weight excluding hydrogens is 598 g/mol. The fraction of sp³-hybridized carbons (Fsp3) is 0.683. The number of urea groups is 1. The molecule has 5 saturated carbocycles. The average molecular weight is 656 g/mol. The number of carbonyl (C=O) groups excluding carboxylic acids is 1. The van der Waals surface area contributed by atoms with Crippen LogP contribution in [0, 0.1) is 34.5 Å². The molecule has 2 heterocycles. The minimum Gasteiger partial charge on any atom is -0.392 e. The fourth-order valence-corrected chi connectivity index (χ4v) is 11.9. The Balaban J connectivity index is 0.946. The Labute approximate surface area is 287 Å². The quantitative estimate of drug-likeness (QED) is 0.272. The van der Waals surface area contributed by atoms with Crippen molar-refractivity contribution in [2.45, 2.75) is 129 Å². The van der Waals surface area contributed by atoms with Crippen LogP contribution in [-0.2, 0) is 22.6 Å². The molecule has 2 unspecified atom stereocenters. The second-order valence-corrected chi connectivity index (χ2v) is 18.2. The maximum Gasteiger partial charge on any atom is 0.315 e. The van der Waals surface area contributed by atoms with E-state index in [1.54, 1.807) is 0 Å². The summed E-state index contributed by atoms with van der Waals surface area (Å²) in [4.78, 5) is 15.8. The van der Waals surface area contributed by atoms with Gasteiger partial charge in [0.05, 0.1) is 18.8 Å². The molecular formula is C41H57N3O4.